The number of para-hydroxylation sites is 1. The highest BCUT2D eigenvalue weighted by Gasteiger charge is 2.04. The number of benzene rings is 2. The van der Waals surface area contributed by atoms with Crippen molar-refractivity contribution in [2.75, 3.05) is 24.3 Å². The lowest BCUT2D eigenvalue weighted by Gasteiger charge is -2.11. The largest absolute Gasteiger partial charge is 0.496 e. The number of ether oxygens (including phenoxy) is 1. The maximum atomic E-state index is 6.00. The molecular weight excluding hydrogens is 348 g/mol. The van der Waals surface area contributed by atoms with E-state index < -0.39 is 0 Å². The third-order valence-corrected chi connectivity index (χ3v) is 4.25. The Morgan fingerprint density at radius 2 is 1.85 bits per heavy atom. The standard InChI is InChI=1S/C20H21ClN4O/c1-14-11-16(21)7-8-17(14)25-20-12-19(23-13-24-20)22-10-9-15-5-3-4-6-18(15)26-2/h3-8,11-13H,9-10H2,1-2H3,(H2,22,23,24,25). The SMILES string of the molecule is COc1ccccc1CCNc1cc(Nc2ccc(Cl)cc2C)ncn1. The van der Waals surface area contributed by atoms with E-state index in [9.17, 15) is 0 Å². The average molecular weight is 369 g/mol. The molecule has 1 heterocycles. The fourth-order valence-corrected chi connectivity index (χ4v) is 2.89. The molecule has 3 aromatic rings. The summed E-state index contributed by atoms with van der Waals surface area (Å²) in [6.07, 6.45) is 2.38. The Kier molecular flexibility index (Phi) is 5.92. The minimum atomic E-state index is 0.717. The first-order valence-electron chi connectivity index (χ1n) is 8.36. The number of anilines is 3. The lowest BCUT2D eigenvalue weighted by Crippen LogP contribution is -2.08. The smallest absolute Gasteiger partial charge is 0.135 e. The fraction of sp³-hybridized carbons (Fsp3) is 0.200. The molecular formula is C20H21ClN4O. The molecule has 0 aliphatic heterocycles. The maximum absolute atomic E-state index is 6.00. The summed E-state index contributed by atoms with van der Waals surface area (Å²) in [4.78, 5) is 8.55. The number of methoxy groups -OCH3 is 1. The lowest BCUT2D eigenvalue weighted by molar-refractivity contribution is 0.410. The first-order chi connectivity index (χ1) is 12.7. The number of aryl methyl sites for hydroxylation is 1. The summed E-state index contributed by atoms with van der Waals surface area (Å²) in [6, 6.07) is 15.6. The monoisotopic (exact) mass is 368 g/mol. The zero-order valence-corrected chi connectivity index (χ0v) is 15.5. The molecule has 0 spiro atoms. The van der Waals surface area contributed by atoms with E-state index in [0.717, 1.165) is 52.2 Å². The molecule has 134 valence electrons. The van der Waals surface area contributed by atoms with Gasteiger partial charge in [0.25, 0.3) is 0 Å². The predicted octanol–water partition coefficient (Wildman–Crippen LogP) is 4.85. The molecule has 2 N–H and O–H groups in total. The van der Waals surface area contributed by atoms with Gasteiger partial charge in [-0.1, -0.05) is 29.8 Å². The van der Waals surface area contributed by atoms with E-state index >= 15 is 0 Å². The van der Waals surface area contributed by atoms with Gasteiger partial charge < -0.3 is 15.4 Å². The van der Waals surface area contributed by atoms with Gasteiger partial charge in [-0.2, -0.15) is 0 Å². The van der Waals surface area contributed by atoms with Crippen LogP contribution in [0.1, 0.15) is 11.1 Å². The van der Waals surface area contributed by atoms with Crippen molar-refractivity contribution in [2.24, 2.45) is 0 Å². The molecule has 0 unspecified atom stereocenters. The van der Waals surface area contributed by atoms with E-state index in [1.165, 1.54) is 0 Å². The van der Waals surface area contributed by atoms with Crippen LogP contribution in [0.5, 0.6) is 5.75 Å². The topological polar surface area (TPSA) is 59.1 Å². The average Bonchev–Trinajstić information content (AvgIpc) is 2.65. The first kappa shape index (κ1) is 18.0. The van der Waals surface area contributed by atoms with Gasteiger partial charge in [-0.05, 0) is 48.7 Å². The number of hydrogen-bond donors (Lipinski definition) is 2. The van der Waals surface area contributed by atoms with Gasteiger partial charge >= 0.3 is 0 Å². The van der Waals surface area contributed by atoms with Crippen LogP contribution in [0.4, 0.5) is 17.3 Å². The van der Waals surface area contributed by atoms with Crippen LogP contribution >= 0.6 is 11.6 Å². The molecule has 1 aromatic heterocycles. The summed E-state index contributed by atoms with van der Waals surface area (Å²) in [7, 11) is 1.69. The summed E-state index contributed by atoms with van der Waals surface area (Å²) in [5, 5.41) is 7.34. The third-order valence-electron chi connectivity index (χ3n) is 4.01. The molecule has 0 radical (unpaired) electrons. The van der Waals surface area contributed by atoms with Crippen LogP contribution in [0.3, 0.4) is 0 Å². The fourth-order valence-electron chi connectivity index (χ4n) is 2.66. The van der Waals surface area contributed by atoms with Crippen molar-refractivity contribution >= 4 is 28.9 Å². The number of nitrogens with one attached hydrogen (secondary N) is 2. The molecule has 0 bridgehead atoms. The Bertz CT molecular complexity index is 885. The molecule has 0 saturated carbocycles. The van der Waals surface area contributed by atoms with Crippen molar-refractivity contribution in [1.82, 2.24) is 9.97 Å². The number of halogens is 1. The molecule has 0 aliphatic rings. The molecule has 0 atom stereocenters. The molecule has 0 saturated heterocycles. The maximum Gasteiger partial charge on any atom is 0.135 e. The van der Waals surface area contributed by atoms with Gasteiger partial charge in [0.05, 0.1) is 7.11 Å². The minimum Gasteiger partial charge on any atom is -0.496 e. The zero-order valence-electron chi connectivity index (χ0n) is 14.8. The van der Waals surface area contributed by atoms with Crippen LogP contribution in [0, 0.1) is 6.92 Å². The summed E-state index contributed by atoms with van der Waals surface area (Å²) in [6.45, 7) is 2.75. The van der Waals surface area contributed by atoms with E-state index in [1.54, 1.807) is 13.4 Å². The van der Waals surface area contributed by atoms with Crippen LogP contribution < -0.4 is 15.4 Å². The summed E-state index contributed by atoms with van der Waals surface area (Å²) >= 11 is 6.00. The highest BCUT2D eigenvalue weighted by Crippen LogP contribution is 2.23. The van der Waals surface area contributed by atoms with E-state index in [2.05, 4.69) is 26.7 Å². The van der Waals surface area contributed by atoms with E-state index in [1.807, 2.05) is 49.4 Å². The molecule has 3 rings (SSSR count). The van der Waals surface area contributed by atoms with Crippen LogP contribution in [-0.2, 0) is 6.42 Å². The molecule has 0 amide bonds. The molecule has 5 nitrogen and oxygen atoms in total. The van der Waals surface area contributed by atoms with Crippen molar-refractivity contribution in [3.05, 3.63) is 71.0 Å². The van der Waals surface area contributed by atoms with Crippen molar-refractivity contribution in [2.45, 2.75) is 13.3 Å². The van der Waals surface area contributed by atoms with E-state index in [4.69, 9.17) is 16.3 Å². The third kappa shape index (κ3) is 4.64. The van der Waals surface area contributed by atoms with Crippen molar-refractivity contribution < 1.29 is 4.74 Å². The number of nitrogens with zero attached hydrogens (tertiary/aromatic N) is 2. The second-order valence-electron chi connectivity index (χ2n) is 5.86. The van der Waals surface area contributed by atoms with Crippen LogP contribution in [0.2, 0.25) is 5.02 Å². The van der Waals surface area contributed by atoms with Crippen LogP contribution in [0.15, 0.2) is 54.9 Å². The molecule has 2 aromatic carbocycles. The van der Waals surface area contributed by atoms with Gasteiger partial charge in [-0.3, -0.25) is 0 Å². The summed E-state index contributed by atoms with van der Waals surface area (Å²) in [5.74, 6) is 2.40. The Morgan fingerprint density at radius 1 is 1.04 bits per heavy atom. The summed E-state index contributed by atoms with van der Waals surface area (Å²) < 4.78 is 5.38. The van der Waals surface area contributed by atoms with Gasteiger partial charge in [0, 0.05) is 23.3 Å². The quantitative estimate of drug-likeness (QED) is 0.624. The summed E-state index contributed by atoms with van der Waals surface area (Å²) in [5.41, 5.74) is 3.18. The highest BCUT2D eigenvalue weighted by molar-refractivity contribution is 6.30. The zero-order chi connectivity index (χ0) is 18.4. The van der Waals surface area contributed by atoms with Gasteiger partial charge in [-0.15, -0.1) is 0 Å². The molecule has 26 heavy (non-hydrogen) atoms. The lowest BCUT2D eigenvalue weighted by atomic mass is 10.1. The molecule has 0 fully saturated rings. The van der Waals surface area contributed by atoms with Crippen molar-refractivity contribution in [3.8, 4) is 5.75 Å². The van der Waals surface area contributed by atoms with Crippen LogP contribution in [-0.4, -0.2) is 23.6 Å². The Morgan fingerprint density at radius 3 is 2.65 bits per heavy atom. The van der Waals surface area contributed by atoms with Gasteiger partial charge in [-0.25, -0.2) is 9.97 Å². The Labute approximate surface area is 158 Å². The van der Waals surface area contributed by atoms with E-state index in [-0.39, 0.29) is 0 Å². The van der Waals surface area contributed by atoms with E-state index in [0.29, 0.717) is 0 Å². The molecule has 0 aliphatic carbocycles. The predicted molar refractivity (Wildman–Crippen MR) is 107 cm³/mol. The second kappa shape index (κ2) is 8.54. The number of rotatable bonds is 7. The minimum absolute atomic E-state index is 0.717. The second-order valence-corrected chi connectivity index (χ2v) is 6.30. The Hall–Kier alpha value is -2.79. The molecule has 6 heteroatoms. The van der Waals surface area contributed by atoms with Gasteiger partial charge in [0.2, 0.25) is 0 Å². The number of hydrogen-bond acceptors (Lipinski definition) is 5. The van der Waals surface area contributed by atoms with Gasteiger partial charge in [0.1, 0.15) is 23.7 Å². The van der Waals surface area contributed by atoms with Crippen molar-refractivity contribution in [1.29, 1.82) is 0 Å². The van der Waals surface area contributed by atoms with Crippen LogP contribution in [0.25, 0.3) is 0 Å². The number of aromatic nitrogens is 2. The first-order valence-corrected chi connectivity index (χ1v) is 8.74. The highest BCUT2D eigenvalue weighted by atomic mass is 35.5. The van der Waals surface area contributed by atoms with Crippen molar-refractivity contribution in [3.63, 3.8) is 0 Å². The Balaban J connectivity index is 1.62. The van der Waals surface area contributed by atoms with Gasteiger partial charge in [0.15, 0.2) is 0 Å². The normalized spacial score (nSPS) is 10.4.